The van der Waals surface area contributed by atoms with Crippen molar-refractivity contribution < 1.29 is 19.1 Å². The van der Waals surface area contributed by atoms with Crippen LogP contribution in [0.15, 0.2) is 18.2 Å². The normalized spacial score (nSPS) is 11.2. The molecule has 0 bridgehead atoms. The van der Waals surface area contributed by atoms with E-state index in [1.165, 1.54) is 12.1 Å². The maximum atomic E-state index is 13.6. The van der Waals surface area contributed by atoms with E-state index in [9.17, 15) is 19.1 Å². The smallest absolute Gasteiger partial charge is 0.313 e. The van der Waals surface area contributed by atoms with E-state index in [1.54, 1.807) is 0 Å². The molecular weight excluding hydrogens is 323 g/mol. The Morgan fingerprint density at radius 1 is 1.22 bits per heavy atom. The van der Waals surface area contributed by atoms with Crippen LogP contribution in [0.5, 0.6) is 0 Å². The molecule has 0 atom stereocenters. The van der Waals surface area contributed by atoms with Crippen molar-refractivity contribution in [2.24, 2.45) is 0 Å². The highest BCUT2D eigenvalue weighted by molar-refractivity contribution is 6.39. The molecule has 2 amide bonds. The van der Waals surface area contributed by atoms with Crippen LogP contribution in [0.1, 0.15) is 39.5 Å². The van der Waals surface area contributed by atoms with Gasteiger partial charge in [-0.15, -0.1) is 0 Å². The van der Waals surface area contributed by atoms with Gasteiger partial charge in [-0.2, -0.15) is 0 Å². The van der Waals surface area contributed by atoms with Crippen LogP contribution in [-0.2, 0) is 9.59 Å². The number of anilines is 1. The van der Waals surface area contributed by atoms with Crippen molar-refractivity contribution in [2.45, 2.75) is 45.1 Å². The van der Waals surface area contributed by atoms with Gasteiger partial charge in [-0.05, 0) is 31.0 Å². The van der Waals surface area contributed by atoms with Gasteiger partial charge < -0.3 is 15.7 Å². The number of hydrogen-bond donors (Lipinski definition) is 3. The van der Waals surface area contributed by atoms with Gasteiger partial charge in [0.15, 0.2) is 0 Å². The quantitative estimate of drug-likeness (QED) is 0.665. The minimum atomic E-state index is -1.04. The Bertz CT molecular complexity index is 560. The minimum Gasteiger partial charge on any atom is -0.388 e. The summed E-state index contributed by atoms with van der Waals surface area (Å²) in [7, 11) is 0. The molecule has 23 heavy (non-hydrogen) atoms. The summed E-state index contributed by atoms with van der Waals surface area (Å²) < 4.78 is 13.6. The van der Waals surface area contributed by atoms with E-state index in [-0.39, 0.29) is 17.3 Å². The molecule has 0 spiro atoms. The first-order chi connectivity index (χ1) is 10.8. The Kier molecular flexibility index (Phi) is 7.45. The molecule has 1 aromatic carbocycles. The molecule has 0 aliphatic rings. The molecule has 0 saturated carbocycles. The van der Waals surface area contributed by atoms with Gasteiger partial charge in [0.1, 0.15) is 5.82 Å². The SMILES string of the molecule is CCCC(O)(CCC)CNC(=O)C(=O)Nc1ccc(Cl)cc1F. The lowest BCUT2D eigenvalue weighted by molar-refractivity contribution is -0.137. The largest absolute Gasteiger partial charge is 0.388 e. The van der Waals surface area contributed by atoms with Crippen LogP contribution in [-0.4, -0.2) is 29.1 Å². The summed E-state index contributed by atoms with van der Waals surface area (Å²) in [6.07, 6.45) is 2.56. The zero-order valence-electron chi connectivity index (χ0n) is 13.3. The molecule has 128 valence electrons. The summed E-state index contributed by atoms with van der Waals surface area (Å²) in [6, 6.07) is 3.71. The number of amides is 2. The van der Waals surface area contributed by atoms with Crippen molar-refractivity contribution in [3.05, 3.63) is 29.0 Å². The van der Waals surface area contributed by atoms with Gasteiger partial charge in [0.05, 0.1) is 11.3 Å². The van der Waals surface area contributed by atoms with Crippen molar-refractivity contribution in [3.8, 4) is 0 Å². The van der Waals surface area contributed by atoms with E-state index in [1.807, 2.05) is 13.8 Å². The second-order valence-corrected chi connectivity index (χ2v) is 5.92. The molecule has 5 nitrogen and oxygen atoms in total. The van der Waals surface area contributed by atoms with E-state index >= 15 is 0 Å². The Balaban J connectivity index is 2.61. The van der Waals surface area contributed by atoms with Gasteiger partial charge in [-0.3, -0.25) is 9.59 Å². The van der Waals surface area contributed by atoms with Gasteiger partial charge in [0.25, 0.3) is 0 Å². The fourth-order valence-corrected chi connectivity index (χ4v) is 2.49. The molecule has 0 heterocycles. The van der Waals surface area contributed by atoms with Gasteiger partial charge in [-0.25, -0.2) is 4.39 Å². The van der Waals surface area contributed by atoms with E-state index in [2.05, 4.69) is 10.6 Å². The average Bonchev–Trinajstić information content (AvgIpc) is 2.48. The zero-order chi connectivity index (χ0) is 17.5. The maximum Gasteiger partial charge on any atom is 0.313 e. The van der Waals surface area contributed by atoms with Crippen molar-refractivity contribution >= 4 is 29.1 Å². The number of halogens is 2. The lowest BCUT2D eigenvalue weighted by Gasteiger charge is -2.27. The third kappa shape index (κ3) is 6.15. The number of benzene rings is 1. The van der Waals surface area contributed by atoms with Gasteiger partial charge in [0.2, 0.25) is 0 Å². The third-order valence-corrected chi connectivity index (χ3v) is 3.63. The Labute approximate surface area is 140 Å². The number of aliphatic hydroxyl groups is 1. The lowest BCUT2D eigenvalue weighted by atomic mass is 9.92. The van der Waals surface area contributed by atoms with E-state index in [0.717, 1.165) is 18.9 Å². The first-order valence-electron chi connectivity index (χ1n) is 7.58. The van der Waals surface area contributed by atoms with Crippen LogP contribution in [0.3, 0.4) is 0 Å². The summed E-state index contributed by atoms with van der Waals surface area (Å²) in [5, 5.41) is 15.1. The van der Waals surface area contributed by atoms with Crippen LogP contribution >= 0.6 is 11.6 Å². The van der Waals surface area contributed by atoms with E-state index in [4.69, 9.17) is 11.6 Å². The van der Waals surface area contributed by atoms with Crippen LogP contribution in [0, 0.1) is 5.82 Å². The Morgan fingerprint density at radius 2 is 1.83 bits per heavy atom. The van der Waals surface area contributed by atoms with E-state index in [0.29, 0.717) is 12.8 Å². The molecule has 0 aromatic heterocycles. The van der Waals surface area contributed by atoms with Crippen LogP contribution in [0.4, 0.5) is 10.1 Å². The molecule has 0 aliphatic heterocycles. The van der Waals surface area contributed by atoms with Gasteiger partial charge >= 0.3 is 11.8 Å². The molecule has 0 aliphatic carbocycles. The topological polar surface area (TPSA) is 78.4 Å². The maximum absolute atomic E-state index is 13.6. The number of carbonyl (C=O) groups is 2. The fourth-order valence-electron chi connectivity index (χ4n) is 2.33. The molecule has 0 fully saturated rings. The van der Waals surface area contributed by atoms with Crippen LogP contribution in [0.2, 0.25) is 5.02 Å². The predicted molar refractivity (Wildman–Crippen MR) is 87.8 cm³/mol. The first-order valence-corrected chi connectivity index (χ1v) is 7.95. The van der Waals surface area contributed by atoms with Crippen LogP contribution in [0.25, 0.3) is 0 Å². The standard InChI is InChI=1S/C16H22ClFN2O3/c1-3-7-16(23,8-4-2)10-19-14(21)15(22)20-13-6-5-11(17)9-12(13)18/h5-6,9,23H,3-4,7-8,10H2,1-2H3,(H,19,21)(H,20,22). The van der Waals surface area contributed by atoms with Crippen molar-refractivity contribution in [2.75, 3.05) is 11.9 Å². The number of carbonyl (C=O) groups excluding carboxylic acids is 2. The minimum absolute atomic E-state index is 0.0238. The molecule has 0 unspecified atom stereocenters. The summed E-state index contributed by atoms with van der Waals surface area (Å²) >= 11 is 5.62. The van der Waals surface area contributed by atoms with Crippen molar-refractivity contribution in [1.82, 2.24) is 5.32 Å². The lowest BCUT2D eigenvalue weighted by Crippen LogP contribution is -2.46. The predicted octanol–water partition coefficient (Wildman–Crippen LogP) is 2.87. The first kappa shape index (κ1) is 19.4. The zero-order valence-corrected chi connectivity index (χ0v) is 14.0. The summed E-state index contributed by atoms with van der Waals surface area (Å²) in [4.78, 5) is 23.6. The summed E-state index contributed by atoms with van der Waals surface area (Å²) in [6.45, 7) is 3.83. The summed E-state index contributed by atoms with van der Waals surface area (Å²) in [5.41, 5.74) is -1.17. The van der Waals surface area contributed by atoms with Crippen molar-refractivity contribution in [3.63, 3.8) is 0 Å². The molecule has 1 rings (SSSR count). The number of hydrogen-bond acceptors (Lipinski definition) is 3. The van der Waals surface area contributed by atoms with Gasteiger partial charge in [0, 0.05) is 11.6 Å². The molecular formula is C16H22ClFN2O3. The van der Waals surface area contributed by atoms with E-state index < -0.39 is 23.2 Å². The molecule has 0 saturated heterocycles. The monoisotopic (exact) mass is 344 g/mol. The highest BCUT2D eigenvalue weighted by atomic mass is 35.5. The average molecular weight is 345 g/mol. The van der Waals surface area contributed by atoms with Crippen LogP contribution < -0.4 is 10.6 Å². The molecule has 1 aromatic rings. The molecule has 3 N–H and O–H groups in total. The number of nitrogens with one attached hydrogen (secondary N) is 2. The second-order valence-electron chi connectivity index (χ2n) is 5.49. The second kappa shape index (κ2) is 8.84. The molecule has 7 heteroatoms. The highest BCUT2D eigenvalue weighted by Crippen LogP contribution is 2.19. The Morgan fingerprint density at radius 3 is 2.35 bits per heavy atom. The van der Waals surface area contributed by atoms with Gasteiger partial charge in [-0.1, -0.05) is 38.3 Å². The fraction of sp³-hybridized carbons (Fsp3) is 0.500. The third-order valence-electron chi connectivity index (χ3n) is 3.39. The highest BCUT2D eigenvalue weighted by Gasteiger charge is 2.27. The Hall–Kier alpha value is -1.66. The number of rotatable bonds is 7. The summed E-state index contributed by atoms with van der Waals surface area (Å²) in [5.74, 6) is -2.65. The molecule has 0 radical (unpaired) electrons. The van der Waals surface area contributed by atoms with Crippen molar-refractivity contribution in [1.29, 1.82) is 0 Å².